The van der Waals surface area contributed by atoms with Gasteiger partial charge in [-0.15, -0.1) is 0 Å². The van der Waals surface area contributed by atoms with E-state index in [1.54, 1.807) is 6.20 Å². The summed E-state index contributed by atoms with van der Waals surface area (Å²) in [7, 11) is 0. The van der Waals surface area contributed by atoms with Gasteiger partial charge in [0.1, 0.15) is 42.1 Å². The average Bonchev–Trinajstić information content (AvgIpc) is 2.92. The summed E-state index contributed by atoms with van der Waals surface area (Å²) < 4.78 is 5.36. The van der Waals surface area contributed by atoms with E-state index >= 15 is 0 Å². The second-order valence-corrected chi connectivity index (χ2v) is 4.14. The van der Waals surface area contributed by atoms with Gasteiger partial charge in [-0.3, -0.25) is 0 Å². The Balaban J connectivity index is 1.95. The lowest BCUT2D eigenvalue weighted by atomic mass is 10.1. The molecule has 0 bridgehead atoms. The van der Waals surface area contributed by atoms with Crippen molar-refractivity contribution in [1.82, 2.24) is 19.9 Å². The third-order valence-electron chi connectivity index (χ3n) is 2.99. The molecule has 1 aliphatic heterocycles. The van der Waals surface area contributed by atoms with Crippen molar-refractivity contribution < 1.29 is 20.1 Å². The topological polar surface area (TPSA) is 124 Å². The average molecular weight is 252 g/mol. The minimum atomic E-state index is -1.14. The Kier molecular flexibility index (Phi) is 2.71. The molecule has 0 amide bonds. The van der Waals surface area contributed by atoms with Crippen LogP contribution in [0.4, 0.5) is 0 Å². The molecular weight excluding hydrogens is 240 g/mol. The van der Waals surface area contributed by atoms with Gasteiger partial charge in [0.2, 0.25) is 0 Å². The normalized spacial score (nSPS) is 32.2. The van der Waals surface area contributed by atoms with Gasteiger partial charge in [-0.05, 0) is 0 Å². The molecular formula is C10H12N4O4. The molecule has 4 N–H and O–H groups in total. The van der Waals surface area contributed by atoms with Gasteiger partial charge in [0.15, 0.2) is 5.65 Å². The quantitative estimate of drug-likeness (QED) is 0.513. The molecule has 4 atom stereocenters. The van der Waals surface area contributed by atoms with E-state index < -0.39 is 24.4 Å². The van der Waals surface area contributed by atoms with Crippen molar-refractivity contribution in [2.45, 2.75) is 24.4 Å². The van der Waals surface area contributed by atoms with E-state index in [0.717, 1.165) is 0 Å². The van der Waals surface area contributed by atoms with Gasteiger partial charge in [-0.25, -0.2) is 15.0 Å². The smallest absolute Gasteiger partial charge is 0.180 e. The molecule has 1 saturated heterocycles. The van der Waals surface area contributed by atoms with Crippen molar-refractivity contribution in [3.63, 3.8) is 0 Å². The number of hydrogen-bond donors (Lipinski definition) is 4. The Bertz CT molecular complexity index is 527. The zero-order valence-corrected chi connectivity index (χ0v) is 9.26. The fraction of sp³-hybridized carbons (Fsp3) is 0.500. The van der Waals surface area contributed by atoms with Crippen LogP contribution in [-0.4, -0.2) is 60.2 Å². The second kappa shape index (κ2) is 4.25. The van der Waals surface area contributed by atoms with Crippen LogP contribution in [0, 0.1) is 0 Å². The van der Waals surface area contributed by atoms with Crippen LogP contribution in [0.15, 0.2) is 12.5 Å². The lowest BCUT2D eigenvalue weighted by Crippen LogP contribution is -2.32. The molecule has 8 heteroatoms. The molecule has 2 aromatic rings. The van der Waals surface area contributed by atoms with Gasteiger partial charge >= 0.3 is 0 Å². The summed E-state index contributed by atoms with van der Waals surface area (Å²) in [4.78, 5) is 14.9. The Morgan fingerprint density at radius 3 is 2.83 bits per heavy atom. The highest BCUT2D eigenvalue weighted by molar-refractivity contribution is 5.68. The van der Waals surface area contributed by atoms with Crippen LogP contribution < -0.4 is 0 Å². The van der Waals surface area contributed by atoms with E-state index in [1.807, 2.05) is 0 Å². The predicted octanol–water partition coefficient (Wildman–Crippen LogP) is -1.49. The standard InChI is InChI=1S/C10H12N4O4/c15-2-5-6(16)7(17)8(18-5)10-13-4-1-11-3-12-9(4)14-10/h1,3,5-8,15-17H,2H2,(H,11,12,13,14)/t5-,6-,7-,8+/m1/s1. The van der Waals surface area contributed by atoms with Crippen molar-refractivity contribution in [2.75, 3.05) is 6.61 Å². The molecule has 0 aromatic carbocycles. The number of nitrogens with zero attached hydrogens (tertiary/aromatic N) is 3. The van der Waals surface area contributed by atoms with Gasteiger partial charge in [-0.1, -0.05) is 0 Å². The maximum absolute atomic E-state index is 9.86. The minimum Gasteiger partial charge on any atom is -0.394 e. The molecule has 0 unspecified atom stereocenters. The fourth-order valence-corrected chi connectivity index (χ4v) is 2.04. The molecule has 0 aliphatic carbocycles. The van der Waals surface area contributed by atoms with Crippen molar-refractivity contribution in [1.29, 1.82) is 0 Å². The van der Waals surface area contributed by atoms with E-state index in [-0.39, 0.29) is 6.61 Å². The Morgan fingerprint density at radius 1 is 1.33 bits per heavy atom. The maximum atomic E-state index is 9.86. The molecule has 0 saturated carbocycles. The first-order valence-corrected chi connectivity index (χ1v) is 5.49. The Morgan fingerprint density at radius 2 is 2.17 bits per heavy atom. The van der Waals surface area contributed by atoms with Gasteiger partial charge in [0, 0.05) is 0 Å². The monoisotopic (exact) mass is 252 g/mol. The number of aromatic nitrogens is 4. The van der Waals surface area contributed by atoms with Gasteiger partial charge < -0.3 is 25.0 Å². The Labute approximate surface area is 101 Å². The fourth-order valence-electron chi connectivity index (χ4n) is 2.04. The van der Waals surface area contributed by atoms with Crippen molar-refractivity contribution in [3.05, 3.63) is 18.3 Å². The van der Waals surface area contributed by atoms with Crippen LogP contribution >= 0.6 is 0 Å². The summed E-state index contributed by atoms with van der Waals surface area (Å²) in [6, 6.07) is 0. The molecule has 0 radical (unpaired) electrons. The van der Waals surface area contributed by atoms with Crippen LogP contribution in [0.3, 0.4) is 0 Å². The van der Waals surface area contributed by atoms with E-state index in [0.29, 0.717) is 17.0 Å². The maximum Gasteiger partial charge on any atom is 0.180 e. The number of hydrogen-bond acceptors (Lipinski definition) is 7. The van der Waals surface area contributed by atoms with Crippen LogP contribution in [0.5, 0.6) is 0 Å². The number of aromatic amines is 1. The summed E-state index contributed by atoms with van der Waals surface area (Å²) in [5, 5.41) is 28.5. The Hall–Kier alpha value is -1.61. The minimum absolute atomic E-state index is 0.355. The third-order valence-corrected chi connectivity index (χ3v) is 2.99. The van der Waals surface area contributed by atoms with Crippen LogP contribution in [0.2, 0.25) is 0 Å². The first-order valence-electron chi connectivity index (χ1n) is 5.49. The van der Waals surface area contributed by atoms with Crippen molar-refractivity contribution in [3.8, 4) is 0 Å². The van der Waals surface area contributed by atoms with E-state index in [4.69, 9.17) is 9.84 Å². The summed E-state index contributed by atoms with van der Waals surface area (Å²) in [5.74, 6) is 0.355. The molecule has 2 aromatic heterocycles. The first kappa shape index (κ1) is 11.5. The molecule has 1 aliphatic rings. The summed E-state index contributed by atoms with van der Waals surface area (Å²) in [6.07, 6.45) is -0.990. The largest absolute Gasteiger partial charge is 0.394 e. The van der Waals surface area contributed by atoms with Gasteiger partial charge in [0.25, 0.3) is 0 Å². The third kappa shape index (κ3) is 1.66. The number of H-pyrrole nitrogens is 1. The zero-order valence-electron chi connectivity index (χ0n) is 9.26. The summed E-state index contributed by atoms with van der Waals surface area (Å²) >= 11 is 0. The lowest BCUT2D eigenvalue weighted by Gasteiger charge is -2.11. The molecule has 18 heavy (non-hydrogen) atoms. The number of aliphatic hydroxyl groups excluding tert-OH is 3. The highest BCUT2D eigenvalue weighted by atomic mass is 16.6. The molecule has 0 spiro atoms. The van der Waals surface area contributed by atoms with Crippen LogP contribution in [-0.2, 0) is 4.74 Å². The van der Waals surface area contributed by atoms with E-state index in [9.17, 15) is 10.2 Å². The van der Waals surface area contributed by atoms with Crippen molar-refractivity contribution >= 4 is 11.2 Å². The zero-order chi connectivity index (χ0) is 12.7. The summed E-state index contributed by atoms with van der Waals surface area (Å²) in [6.45, 7) is -0.366. The van der Waals surface area contributed by atoms with E-state index in [2.05, 4.69) is 19.9 Å². The van der Waals surface area contributed by atoms with Gasteiger partial charge in [-0.2, -0.15) is 0 Å². The molecule has 8 nitrogen and oxygen atoms in total. The number of rotatable bonds is 2. The van der Waals surface area contributed by atoms with Crippen LogP contribution in [0.1, 0.15) is 11.9 Å². The number of ether oxygens (including phenoxy) is 1. The molecule has 3 heterocycles. The lowest BCUT2D eigenvalue weighted by molar-refractivity contribution is -0.0249. The predicted molar refractivity (Wildman–Crippen MR) is 58.4 cm³/mol. The number of imidazole rings is 1. The van der Waals surface area contributed by atoms with Crippen LogP contribution in [0.25, 0.3) is 11.2 Å². The highest BCUT2D eigenvalue weighted by Crippen LogP contribution is 2.32. The number of fused-ring (bicyclic) bond motifs is 1. The van der Waals surface area contributed by atoms with E-state index in [1.165, 1.54) is 6.33 Å². The molecule has 3 rings (SSSR count). The SMILES string of the molecule is OC[C@H]1O[C@H](c2nc3ncncc3[nH]2)[C@H](O)[C@@H]1O. The van der Waals surface area contributed by atoms with Gasteiger partial charge in [0.05, 0.1) is 12.8 Å². The second-order valence-electron chi connectivity index (χ2n) is 4.14. The van der Waals surface area contributed by atoms with Crippen molar-refractivity contribution in [2.24, 2.45) is 0 Å². The number of aliphatic hydroxyl groups is 3. The highest BCUT2D eigenvalue weighted by Gasteiger charge is 2.44. The molecule has 96 valence electrons. The number of nitrogens with one attached hydrogen (secondary N) is 1. The molecule has 1 fully saturated rings. The first-order chi connectivity index (χ1) is 8.70. The summed E-state index contributed by atoms with van der Waals surface area (Å²) in [5.41, 5.74) is 1.07.